The predicted molar refractivity (Wildman–Crippen MR) is 140 cm³/mol. The van der Waals surface area contributed by atoms with Crippen LogP contribution < -0.4 is 0 Å². The quantitative estimate of drug-likeness (QED) is 0.447. The van der Waals surface area contributed by atoms with Crippen LogP contribution in [0.3, 0.4) is 0 Å². The second kappa shape index (κ2) is 10.4. The van der Waals surface area contributed by atoms with Crippen molar-refractivity contribution in [3.8, 4) is 0 Å². The molecule has 5 nitrogen and oxygen atoms in total. The topological polar surface area (TPSA) is 36.7 Å². The van der Waals surface area contributed by atoms with Gasteiger partial charge in [0.2, 0.25) is 0 Å². The van der Waals surface area contributed by atoms with Crippen LogP contribution in [0, 0.1) is 5.82 Å². The van der Waals surface area contributed by atoms with E-state index in [0.29, 0.717) is 0 Å². The molecular formula is C29H32FN5. The van der Waals surface area contributed by atoms with Gasteiger partial charge in [0.15, 0.2) is 0 Å². The molecule has 1 aromatic heterocycles. The van der Waals surface area contributed by atoms with E-state index in [-0.39, 0.29) is 11.7 Å². The molecule has 0 spiro atoms. The summed E-state index contributed by atoms with van der Waals surface area (Å²) >= 11 is 0. The Morgan fingerprint density at radius 3 is 2.54 bits per heavy atom. The van der Waals surface area contributed by atoms with Gasteiger partial charge in [0.25, 0.3) is 0 Å². The molecule has 1 aliphatic carbocycles. The van der Waals surface area contributed by atoms with Gasteiger partial charge in [-0.2, -0.15) is 0 Å². The second-order valence-corrected chi connectivity index (χ2v) is 9.32. The van der Waals surface area contributed by atoms with Gasteiger partial charge < -0.3 is 9.47 Å². The number of hydrogen-bond donors (Lipinski definition) is 0. The third kappa shape index (κ3) is 5.13. The fourth-order valence-corrected chi connectivity index (χ4v) is 5.12. The van der Waals surface area contributed by atoms with E-state index in [4.69, 9.17) is 4.99 Å². The fourth-order valence-electron chi connectivity index (χ4n) is 5.12. The molecule has 6 heteroatoms. The first-order valence-electron chi connectivity index (χ1n) is 12.3. The van der Waals surface area contributed by atoms with Gasteiger partial charge >= 0.3 is 0 Å². The highest BCUT2D eigenvalue weighted by atomic mass is 19.1. The van der Waals surface area contributed by atoms with Crippen molar-refractivity contribution in [2.24, 2.45) is 4.99 Å². The summed E-state index contributed by atoms with van der Waals surface area (Å²) in [5, 5.41) is 0. The minimum atomic E-state index is -0.154. The normalized spacial score (nSPS) is 18.8. The Balaban J connectivity index is 1.26. The minimum absolute atomic E-state index is 0.0233. The number of allylic oxidation sites excluding steroid dienone is 2. The third-order valence-electron chi connectivity index (χ3n) is 7.27. The molecule has 2 aliphatic rings. The van der Waals surface area contributed by atoms with Gasteiger partial charge in [-0.3, -0.25) is 4.90 Å². The lowest BCUT2D eigenvalue weighted by molar-refractivity contribution is 0.154. The lowest BCUT2D eigenvalue weighted by Crippen LogP contribution is -2.46. The zero-order chi connectivity index (χ0) is 24.2. The zero-order valence-electron chi connectivity index (χ0n) is 20.3. The summed E-state index contributed by atoms with van der Waals surface area (Å²) in [4.78, 5) is 13.6. The van der Waals surface area contributed by atoms with Crippen LogP contribution >= 0.6 is 0 Å². The first-order valence-corrected chi connectivity index (χ1v) is 12.3. The van der Waals surface area contributed by atoms with Crippen LogP contribution in [0.4, 0.5) is 4.39 Å². The molecule has 2 aromatic carbocycles. The Hall–Kier alpha value is -3.51. The van der Waals surface area contributed by atoms with Gasteiger partial charge in [0, 0.05) is 63.8 Å². The predicted octanol–water partition coefficient (Wildman–Crippen LogP) is 5.19. The molecule has 35 heavy (non-hydrogen) atoms. The average molecular weight is 470 g/mol. The largest absolute Gasteiger partial charge is 0.355 e. The van der Waals surface area contributed by atoms with Gasteiger partial charge in [-0.15, -0.1) is 0 Å². The Bertz CT molecular complexity index is 1240. The van der Waals surface area contributed by atoms with Crippen LogP contribution in [-0.4, -0.2) is 58.3 Å². The first-order chi connectivity index (χ1) is 17.1. The van der Waals surface area contributed by atoms with Gasteiger partial charge in [0.05, 0.1) is 6.33 Å². The van der Waals surface area contributed by atoms with E-state index in [1.165, 1.54) is 16.7 Å². The second-order valence-electron chi connectivity index (χ2n) is 9.32. The first kappa shape index (κ1) is 23.2. The van der Waals surface area contributed by atoms with Crippen molar-refractivity contribution in [2.45, 2.75) is 25.8 Å². The fraction of sp³-hybridized carbons (Fsp3) is 0.310. The van der Waals surface area contributed by atoms with Crippen LogP contribution in [-0.2, 0) is 6.54 Å². The molecule has 1 unspecified atom stereocenters. The van der Waals surface area contributed by atoms with E-state index in [1.54, 1.807) is 12.1 Å². The molecule has 0 bridgehead atoms. The SMILES string of the molecule is C=C(/N=C\C1=C(C)c2ccccc2C(c2ccccc2F)C1)N1CCN(CCn2ccnc2)CC1. The van der Waals surface area contributed by atoms with E-state index < -0.39 is 0 Å². The number of aliphatic imine (C=N–C) groups is 1. The van der Waals surface area contributed by atoms with E-state index in [0.717, 1.165) is 62.6 Å². The zero-order valence-corrected chi connectivity index (χ0v) is 20.3. The van der Waals surface area contributed by atoms with Crippen molar-refractivity contribution in [1.29, 1.82) is 0 Å². The molecule has 0 amide bonds. The van der Waals surface area contributed by atoms with Crippen molar-refractivity contribution in [3.63, 3.8) is 0 Å². The highest BCUT2D eigenvalue weighted by Crippen LogP contribution is 2.42. The molecule has 0 N–H and O–H groups in total. The molecule has 1 fully saturated rings. The summed E-state index contributed by atoms with van der Waals surface area (Å²) in [6, 6.07) is 15.4. The molecule has 1 aliphatic heterocycles. The number of fused-ring (bicyclic) bond motifs is 1. The van der Waals surface area contributed by atoms with E-state index in [2.05, 4.69) is 45.0 Å². The number of imidazole rings is 1. The highest BCUT2D eigenvalue weighted by Gasteiger charge is 2.27. The Labute approximate surface area is 206 Å². The van der Waals surface area contributed by atoms with Gasteiger partial charge in [-0.1, -0.05) is 49.0 Å². The summed E-state index contributed by atoms with van der Waals surface area (Å²) in [6.45, 7) is 12.2. The van der Waals surface area contributed by atoms with E-state index >= 15 is 0 Å². The standard InChI is InChI=1S/C29H32FN5/c1-22-24(19-28(26-8-4-3-7-25(22)26)27-9-5-6-10-29(27)30)20-32-23(2)35-17-15-33(16-18-35)13-14-34-12-11-31-21-34/h3-12,20-21,28H,2,13-19H2,1H3/b32-20-. The Morgan fingerprint density at radius 2 is 1.80 bits per heavy atom. The van der Waals surface area contributed by atoms with Crippen LogP contribution in [0.25, 0.3) is 5.57 Å². The summed E-state index contributed by atoms with van der Waals surface area (Å²) < 4.78 is 16.9. The van der Waals surface area contributed by atoms with Gasteiger partial charge in [-0.05, 0) is 47.2 Å². The van der Waals surface area contributed by atoms with Crippen LogP contribution in [0.2, 0.25) is 0 Å². The smallest absolute Gasteiger partial charge is 0.127 e. The molecule has 0 saturated carbocycles. The molecule has 1 saturated heterocycles. The minimum Gasteiger partial charge on any atom is -0.355 e. The lowest BCUT2D eigenvalue weighted by atomic mass is 9.76. The third-order valence-corrected chi connectivity index (χ3v) is 7.27. The molecule has 0 radical (unpaired) electrons. The summed E-state index contributed by atoms with van der Waals surface area (Å²) in [7, 11) is 0. The maximum atomic E-state index is 14.7. The average Bonchev–Trinajstić information content (AvgIpc) is 3.42. The summed E-state index contributed by atoms with van der Waals surface area (Å²) in [5.41, 5.74) is 5.43. The van der Waals surface area contributed by atoms with E-state index in [1.807, 2.05) is 49.2 Å². The number of aromatic nitrogens is 2. The van der Waals surface area contributed by atoms with Crippen molar-refractivity contribution < 1.29 is 4.39 Å². The number of piperazine rings is 1. The summed E-state index contributed by atoms with van der Waals surface area (Å²) in [5.74, 6) is 0.615. The number of benzene rings is 2. The lowest BCUT2D eigenvalue weighted by Gasteiger charge is -2.35. The van der Waals surface area contributed by atoms with Crippen LogP contribution in [0.15, 0.2) is 90.2 Å². The molecule has 2 heterocycles. The Morgan fingerprint density at radius 1 is 1.06 bits per heavy atom. The molecule has 180 valence electrons. The van der Waals surface area contributed by atoms with Crippen LogP contribution in [0.5, 0.6) is 0 Å². The van der Waals surface area contributed by atoms with Crippen molar-refractivity contribution in [1.82, 2.24) is 19.4 Å². The number of rotatable bonds is 7. The van der Waals surface area contributed by atoms with Crippen molar-refractivity contribution in [3.05, 3.63) is 108 Å². The van der Waals surface area contributed by atoms with E-state index in [9.17, 15) is 4.39 Å². The van der Waals surface area contributed by atoms with Crippen molar-refractivity contribution in [2.75, 3.05) is 32.7 Å². The molecule has 1 atom stereocenters. The van der Waals surface area contributed by atoms with Crippen LogP contribution in [0.1, 0.15) is 36.0 Å². The molecule has 3 aromatic rings. The summed E-state index contributed by atoms with van der Waals surface area (Å²) in [6.07, 6.45) is 8.36. The maximum absolute atomic E-state index is 14.7. The van der Waals surface area contributed by atoms with Gasteiger partial charge in [0.1, 0.15) is 11.6 Å². The maximum Gasteiger partial charge on any atom is 0.127 e. The molecule has 5 rings (SSSR count). The highest BCUT2D eigenvalue weighted by molar-refractivity contribution is 5.93. The Kier molecular flexibility index (Phi) is 6.91. The number of nitrogens with zero attached hydrogens (tertiary/aromatic N) is 5. The van der Waals surface area contributed by atoms with Gasteiger partial charge in [-0.25, -0.2) is 14.4 Å². The number of halogens is 1. The monoisotopic (exact) mass is 469 g/mol. The molecular weight excluding hydrogens is 437 g/mol. The number of hydrogen-bond acceptors (Lipinski definition) is 4. The van der Waals surface area contributed by atoms with Crippen molar-refractivity contribution >= 4 is 11.8 Å².